The average Bonchev–Trinajstić information content (AvgIpc) is 2.82. The quantitative estimate of drug-likeness (QED) is 0.598. The zero-order chi connectivity index (χ0) is 16.2. The SMILES string of the molecule is CN(C)C[C@]1(O)CCN(C(=O)CN2CCN(CCO)CC2)C1. The number of carbonyl (C=O) groups is 1. The number of aliphatic hydroxyl groups excluding tert-OH is 1. The monoisotopic (exact) mass is 314 g/mol. The van der Waals surface area contributed by atoms with Crippen LogP contribution in [0.3, 0.4) is 0 Å². The first-order valence-corrected chi connectivity index (χ1v) is 8.12. The number of likely N-dealkylation sites (N-methyl/N-ethyl adjacent to an activating group) is 1. The molecule has 0 aliphatic carbocycles. The molecule has 128 valence electrons. The molecule has 1 atom stereocenters. The third kappa shape index (κ3) is 4.89. The van der Waals surface area contributed by atoms with Crippen molar-refractivity contribution >= 4 is 5.91 Å². The van der Waals surface area contributed by atoms with Crippen LogP contribution in [0.4, 0.5) is 0 Å². The van der Waals surface area contributed by atoms with Crippen molar-refractivity contribution in [2.75, 3.05) is 79.6 Å². The van der Waals surface area contributed by atoms with Crippen LogP contribution >= 0.6 is 0 Å². The summed E-state index contributed by atoms with van der Waals surface area (Å²) >= 11 is 0. The minimum atomic E-state index is -0.765. The lowest BCUT2D eigenvalue weighted by Gasteiger charge is -2.34. The van der Waals surface area contributed by atoms with Crippen LogP contribution in [0.15, 0.2) is 0 Å². The van der Waals surface area contributed by atoms with Crippen LogP contribution in [0.2, 0.25) is 0 Å². The number of likely N-dealkylation sites (tertiary alicyclic amines) is 1. The third-order valence-electron chi connectivity index (χ3n) is 4.54. The van der Waals surface area contributed by atoms with Crippen LogP contribution in [0.25, 0.3) is 0 Å². The largest absolute Gasteiger partial charge is 0.395 e. The van der Waals surface area contributed by atoms with Crippen molar-refractivity contribution in [3.8, 4) is 0 Å². The van der Waals surface area contributed by atoms with Crippen molar-refractivity contribution in [1.82, 2.24) is 19.6 Å². The number of carbonyl (C=O) groups excluding carboxylic acids is 1. The highest BCUT2D eigenvalue weighted by molar-refractivity contribution is 5.78. The van der Waals surface area contributed by atoms with Gasteiger partial charge in [-0.25, -0.2) is 0 Å². The van der Waals surface area contributed by atoms with Gasteiger partial charge in [0.05, 0.1) is 25.3 Å². The maximum Gasteiger partial charge on any atom is 0.236 e. The molecular formula is C15H30N4O3. The Kier molecular flexibility index (Phi) is 6.17. The lowest BCUT2D eigenvalue weighted by molar-refractivity contribution is -0.133. The molecule has 2 fully saturated rings. The molecule has 7 heteroatoms. The molecule has 0 aromatic carbocycles. The average molecular weight is 314 g/mol. The number of hydrogen-bond acceptors (Lipinski definition) is 6. The van der Waals surface area contributed by atoms with E-state index in [1.165, 1.54) is 0 Å². The van der Waals surface area contributed by atoms with Crippen LogP contribution in [-0.4, -0.2) is 121 Å². The van der Waals surface area contributed by atoms with Gasteiger partial charge in [-0.05, 0) is 20.5 Å². The summed E-state index contributed by atoms with van der Waals surface area (Å²) in [6.45, 7) is 6.55. The smallest absolute Gasteiger partial charge is 0.236 e. The molecular weight excluding hydrogens is 284 g/mol. The second kappa shape index (κ2) is 7.70. The lowest BCUT2D eigenvalue weighted by atomic mass is 10.0. The van der Waals surface area contributed by atoms with E-state index in [1.807, 2.05) is 19.0 Å². The van der Waals surface area contributed by atoms with Gasteiger partial charge in [-0.15, -0.1) is 0 Å². The summed E-state index contributed by atoms with van der Waals surface area (Å²) in [5.41, 5.74) is -0.765. The van der Waals surface area contributed by atoms with E-state index in [0.29, 0.717) is 39.1 Å². The molecule has 2 rings (SSSR count). The fourth-order valence-electron chi connectivity index (χ4n) is 3.39. The number of amides is 1. The molecule has 2 heterocycles. The van der Waals surface area contributed by atoms with Gasteiger partial charge in [0.15, 0.2) is 0 Å². The molecule has 2 aliphatic rings. The Labute approximate surface area is 133 Å². The van der Waals surface area contributed by atoms with Crippen molar-refractivity contribution in [3.63, 3.8) is 0 Å². The maximum atomic E-state index is 12.4. The van der Waals surface area contributed by atoms with Gasteiger partial charge >= 0.3 is 0 Å². The number of hydrogen-bond donors (Lipinski definition) is 2. The third-order valence-corrected chi connectivity index (χ3v) is 4.54. The van der Waals surface area contributed by atoms with Crippen LogP contribution in [0.1, 0.15) is 6.42 Å². The fraction of sp³-hybridized carbons (Fsp3) is 0.933. The zero-order valence-corrected chi connectivity index (χ0v) is 13.9. The summed E-state index contributed by atoms with van der Waals surface area (Å²) in [5.74, 6) is 0.116. The van der Waals surface area contributed by atoms with Crippen LogP contribution in [0, 0.1) is 0 Å². The number of nitrogens with zero attached hydrogens (tertiary/aromatic N) is 4. The first-order valence-electron chi connectivity index (χ1n) is 8.12. The molecule has 0 radical (unpaired) electrons. The van der Waals surface area contributed by atoms with Crippen LogP contribution < -0.4 is 0 Å². The van der Waals surface area contributed by atoms with E-state index in [9.17, 15) is 9.90 Å². The molecule has 22 heavy (non-hydrogen) atoms. The molecule has 0 aromatic rings. The molecule has 0 saturated carbocycles. The Morgan fingerprint density at radius 3 is 2.36 bits per heavy atom. The van der Waals surface area contributed by atoms with Crippen molar-refractivity contribution in [1.29, 1.82) is 0 Å². The number of aliphatic hydroxyl groups is 2. The molecule has 0 aromatic heterocycles. The van der Waals surface area contributed by atoms with Crippen LogP contribution in [-0.2, 0) is 4.79 Å². The molecule has 0 bridgehead atoms. The van der Waals surface area contributed by atoms with E-state index in [-0.39, 0.29) is 12.5 Å². The first-order chi connectivity index (χ1) is 10.4. The summed E-state index contributed by atoms with van der Waals surface area (Å²) in [5, 5.41) is 19.4. The topological polar surface area (TPSA) is 70.5 Å². The highest BCUT2D eigenvalue weighted by Crippen LogP contribution is 2.22. The van der Waals surface area contributed by atoms with Crippen molar-refractivity contribution in [2.45, 2.75) is 12.0 Å². The number of rotatable bonds is 6. The summed E-state index contributed by atoms with van der Waals surface area (Å²) in [6, 6.07) is 0. The zero-order valence-electron chi connectivity index (χ0n) is 13.9. The molecule has 7 nitrogen and oxygen atoms in total. The van der Waals surface area contributed by atoms with E-state index in [1.54, 1.807) is 4.90 Å². The Bertz CT molecular complexity index is 372. The van der Waals surface area contributed by atoms with Gasteiger partial charge < -0.3 is 20.0 Å². The minimum Gasteiger partial charge on any atom is -0.395 e. The second-order valence-corrected chi connectivity index (χ2v) is 6.87. The molecule has 0 unspecified atom stereocenters. The van der Waals surface area contributed by atoms with Gasteiger partial charge in [0.1, 0.15) is 0 Å². The Morgan fingerprint density at radius 1 is 1.14 bits per heavy atom. The van der Waals surface area contributed by atoms with Crippen LogP contribution in [0.5, 0.6) is 0 Å². The van der Waals surface area contributed by atoms with E-state index in [4.69, 9.17) is 5.11 Å². The predicted octanol–water partition coefficient (Wildman–Crippen LogP) is -1.88. The Balaban J connectivity index is 1.75. The van der Waals surface area contributed by atoms with E-state index in [2.05, 4.69) is 9.80 Å². The summed E-state index contributed by atoms with van der Waals surface area (Å²) in [4.78, 5) is 20.5. The molecule has 1 amide bonds. The summed E-state index contributed by atoms with van der Waals surface area (Å²) in [6.07, 6.45) is 0.654. The first kappa shape index (κ1) is 17.6. The molecule has 2 N–H and O–H groups in total. The van der Waals surface area contributed by atoms with Crippen molar-refractivity contribution in [2.24, 2.45) is 0 Å². The maximum absolute atomic E-state index is 12.4. The van der Waals surface area contributed by atoms with Gasteiger partial charge in [-0.2, -0.15) is 0 Å². The molecule has 2 saturated heterocycles. The summed E-state index contributed by atoms with van der Waals surface area (Å²) in [7, 11) is 3.88. The van der Waals surface area contributed by atoms with Gasteiger partial charge in [0.2, 0.25) is 5.91 Å². The minimum absolute atomic E-state index is 0.116. The van der Waals surface area contributed by atoms with Gasteiger partial charge in [-0.1, -0.05) is 0 Å². The normalized spacial score (nSPS) is 27.8. The lowest BCUT2D eigenvalue weighted by Crippen LogP contribution is -2.51. The highest BCUT2D eigenvalue weighted by Gasteiger charge is 2.38. The number of piperazine rings is 1. The molecule has 2 aliphatic heterocycles. The predicted molar refractivity (Wildman–Crippen MR) is 84.7 cm³/mol. The van der Waals surface area contributed by atoms with Crippen molar-refractivity contribution < 1.29 is 15.0 Å². The number of β-amino-alcohol motifs (C(OH)–C–C–N with tert-alkyl or cyclic N) is 2. The second-order valence-electron chi connectivity index (χ2n) is 6.87. The Morgan fingerprint density at radius 2 is 1.77 bits per heavy atom. The standard InChI is InChI=1S/C15H30N4O3/c1-16(2)12-15(22)3-4-19(13-15)14(21)11-18-7-5-17(6-8-18)9-10-20/h20,22H,3-13H2,1-2H3/t15-/m1/s1. The van der Waals surface area contributed by atoms with Gasteiger partial charge in [0.25, 0.3) is 0 Å². The summed E-state index contributed by atoms with van der Waals surface area (Å²) < 4.78 is 0. The molecule has 0 spiro atoms. The van der Waals surface area contributed by atoms with E-state index >= 15 is 0 Å². The van der Waals surface area contributed by atoms with Crippen molar-refractivity contribution in [3.05, 3.63) is 0 Å². The van der Waals surface area contributed by atoms with Gasteiger partial charge in [0, 0.05) is 45.8 Å². The van der Waals surface area contributed by atoms with E-state index in [0.717, 1.165) is 26.2 Å². The fourth-order valence-corrected chi connectivity index (χ4v) is 3.39. The van der Waals surface area contributed by atoms with E-state index < -0.39 is 5.60 Å². The van der Waals surface area contributed by atoms with Gasteiger partial charge in [-0.3, -0.25) is 14.6 Å². The highest BCUT2D eigenvalue weighted by atomic mass is 16.3. The Hall–Kier alpha value is -0.730.